The highest BCUT2D eigenvalue weighted by molar-refractivity contribution is 5.79. The van der Waals surface area contributed by atoms with Crippen LogP contribution in [0.15, 0.2) is 0 Å². The molecule has 0 aromatic heterocycles. The van der Waals surface area contributed by atoms with E-state index < -0.39 is 48.2 Å². The van der Waals surface area contributed by atoms with E-state index in [1.54, 1.807) is 0 Å². The van der Waals surface area contributed by atoms with Crippen molar-refractivity contribution < 1.29 is 46.7 Å². The summed E-state index contributed by atoms with van der Waals surface area (Å²) in [4.78, 5) is 12.0. The van der Waals surface area contributed by atoms with Crippen LogP contribution in [0.1, 0.15) is 27.2 Å². The fraction of sp³-hybridized carbons (Fsp3) is 0.938. The molecule has 0 unspecified atom stereocenters. The maximum atomic E-state index is 14.9. The molecule has 0 amide bonds. The van der Waals surface area contributed by atoms with Crippen molar-refractivity contribution in [2.45, 2.75) is 56.4 Å². The van der Waals surface area contributed by atoms with E-state index in [0.717, 1.165) is 7.11 Å². The Kier molecular flexibility index (Phi) is 7.48. The number of esters is 1. The van der Waals surface area contributed by atoms with Gasteiger partial charge >= 0.3 is 5.97 Å². The molecule has 0 saturated carbocycles. The van der Waals surface area contributed by atoms with Gasteiger partial charge in [0, 0.05) is 21.3 Å². The summed E-state index contributed by atoms with van der Waals surface area (Å²) in [6.07, 6.45) is -2.71. The second-order valence-electron chi connectivity index (χ2n) is 6.43. The molecule has 1 saturated heterocycles. The molecule has 154 valence electrons. The van der Waals surface area contributed by atoms with E-state index in [2.05, 4.69) is 4.74 Å². The molecule has 1 aliphatic heterocycles. The Labute approximate surface area is 151 Å². The number of methoxy groups -OCH3 is 4. The number of carbonyl (C=O) groups is 1. The first-order valence-electron chi connectivity index (χ1n) is 7.95. The molecule has 0 aromatic carbocycles. The molecule has 10 heteroatoms. The Morgan fingerprint density at radius 1 is 1.15 bits per heavy atom. The lowest BCUT2D eigenvalue weighted by atomic mass is 9.93. The van der Waals surface area contributed by atoms with E-state index in [1.165, 1.54) is 42.1 Å². The molecule has 0 bridgehead atoms. The van der Waals surface area contributed by atoms with Gasteiger partial charge in [0.15, 0.2) is 5.60 Å². The van der Waals surface area contributed by atoms with Crippen molar-refractivity contribution in [1.29, 1.82) is 0 Å². The largest absolute Gasteiger partial charge is 0.467 e. The smallest absolute Gasteiger partial charge is 0.338 e. The highest BCUT2D eigenvalue weighted by atomic mass is 19.3. The summed E-state index contributed by atoms with van der Waals surface area (Å²) >= 11 is 0. The highest BCUT2D eigenvalue weighted by Gasteiger charge is 2.60. The minimum Gasteiger partial charge on any atom is -0.467 e. The van der Waals surface area contributed by atoms with Crippen LogP contribution in [0.25, 0.3) is 0 Å². The minimum atomic E-state index is -3.51. The van der Waals surface area contributed by atoms with Crippen LogP contribution in [-0.4, -0.2) is 77.0 Å². The van der Waals surface area contributed by atoms with Crippen molar-refractivity contribution in [1.82, 2.24) is 0 Å². The molecule has 1 rings (SSSR count). The van der Waals surface area contributed by atoms with E-state index in [-0.39, 0.29) is 6.79 Å². The zero-order valence-electron chi connectivity index (χ0n) is 16.2. The zero-order chi connectivity index (χ0) is 20.2. The maximum Gasteiger partial charge on any atom is 0.338 e. The van der Waals surface area contributed by atoms with Crippen molar-refractivity contribution in [2.24, 2.45) is 0 Å². The number of alkyl halides is 2. The predicted octanol–water partition coefficient (Wildman–Crippen LogP) is 1.70. The van der Waals surface area contributed by atoms with Crippen molar-refractivity contribution in [2.75, 3.05) is 41.8 Å². The van der Waals surface area contributed by atoms with Crippen LogP contribution in [0.4, 0.5) is 8.78 Å². The van der Waals surface area contributed by atoms with Gasteiger partial charge in [0.05, 0.1) is 20.1 Å². The van der Waals surface area contributed by atoms with Crippen LogP contribution < -0.4 is 0 Å². The van der Waals surface area contributed by atoms with Crippen molar-refractivity contribution >= 4 is 5.97 Å². The Morgan fingerprint density at radius 3 is 2.19 bits per heavy atom. The standard InChI is InChI=1S/C16H28F2O8/c1-13(12(19)21-5,25-10-20-4)9-16(17,18)11-8-24-14(2,22-6)15(3,23-7)26-11/h11H,8-10H2,1-7H3/t11-,13+,14-,15-/m0/s1. The molecule has 4 atom stereocenters. The zero-order valence-corrected chi connectivity index (χ0v) is 16.2. The van der Waals surface area contributed by atoms with E-state index in [9.17, 15) is 13.6 Å². The fourth-order valence-electron chi connectivity index (χ4n) is 2.61. The number of hydrogen-bond acceptors (Lipinski definition) is 8. The van der Waals surface area contributed by atoms with Gasteiger partial charge in [-0.25, -0.2) is 13.6 Å². The molecule has 0 aromatic rings. The fourth-order valence-corrected chi connectivity index (χ4v) is 2.61. The summed E-state index contributed by atoms with van der Waals surface area (Å²) in [7, 11) is 5.04. The second-order valence-corrected chi connectivity index (χ2v) is 6.43. The van der Waals surface area contributed by atoms with Gasteiger partial charge in [0.25, 0.3) is 5.92 Å². The van der Waals surface area contributed by atoms with Crippen LogP contribution >= 0.6 is 0 Å². The topological polar surface area (TPSA) is 81.7 Å². The second kappa shape index (κ2) is 8.41. The average molecular weight is 386 g/mol. The van der Waals surface area contributed by atoms with Gasteiger partial charge in [-0.2, -0.15) is 0 Å². The number of carbonyl (C=O) groups excluding carboxylic acids is 1. The van der Waals surface area contributed by atoms with Gasteiger partial charge < -0.3 is 33.2 Å². The summed E-state index contributed by atoms with van der Waals surface area (Å²) in [6, 6.07) is 0. The Balaban J connectivity index is 3.03. The molecule has 0 aliphatic carbocycles. The van der Waals surface area contributed by atoms with E-state index in [1.807, 2.05) is 0 Å². The van der Waals surface area contributed by atoms with Gasteiger partial charge in [0.1, 0.15) is 12.9 Å². The first kappa shape index (κ1) is 23.1. The van der Waals surface area contributed by atoms with E-state index in [0.29, 0.717) is 0 Å². The normalized spacial score (nSPS) is 32.1. The average Bonchev–Trinajstić information content (AvgIpc) is 2.60. The lowest BCUT2D eigenvalue weighted by molar-refractivity contribution is -0.447. The molecule has 0 radical (unpaired) electrons. The summed E-state index contributed by atoms with van der Waals surface area (Å²) < 4.78 is 65.8. The first-order valence-corrected chi connectivity index (χ1v) is 7.95. The molecule has 26 heavy (non-hydrogen) atoms. The summed E-state index contributed by atoms with van der Waals surface area (Å²) in [5, 5.41) is 0. The Morgan fingerprint density at radius 2 is 1.73 bits per heavy atom. The Bertz CT molecular complexity index is 491. The molecule has 1 heterocycles. The number of ether oxygens (including phenoxy) is 7. The van der Waals surface area contributed by atoms with Crippen LogP contribution in [-0.2, 0) is 38.0 Å². The van der Waals surface area contributed by atoms with Crippen molar-refractivity contribution in [3.63, 3.8) is 0 Å². The molecular weight excluding hydrogens is 358 g/mol. The van der Waals surface area contributed by atoms with Crippen LogP contribution in [0.2, 0.25) is 0 Å². The monoisotopic (exact) mass is 386 g/mol. The number of rotatable bonds is 9. The van der Waals surface area contributed by atoms with E-state index in [4.69, 9.17) is 28.4 Å². The SMILES string of the molecule is COCO[C@](C)(CC(F)(F)[C@@H]1CO[C@](C)(OC)[C@@](C)(OC)O1)C(=O)OC. The van der Waals surface area contributed by atoms with Gasteiger partial charge in [0.2, 0.25) is 11.6 Å². The van der Waals surface area contributed by atoms with Gasteiger partial charge in [-0.1, -0.05) is 0 Å². The molecule has 0 N–H and O–H groups in total. The van der Waals surface area contributed by atoms with Crippen molar-refractivity contribution in [3.8, 4) is 0 Å². The Hall–Kier alpha value is -0.910. The molecule has 0 spiro atoms. The lowest BCUT2D eigenvalue weighted by Gasteiger charge is -2.50. The first-order chi connectivity index (χ1) is 11.9. The molecule has 8 nitrogen and oxygen atoms in total. The third-order valence-electron chi connectivity index (χ3n) is 4.64. The van der Waals surface area contributed by atoms with Crippen LogP contribution in [0.3, 0.4) is 0 Å². The van der Waals surface area contributed by atoms with Crippen molar-refractivity contribution in [3.05, 3.63) is 0 Å². The van der Waals surface area contributed by atoms with Crippen LogP contribution in [0.5, 0.6) is 0 Å². The van der Waals surface area contributed by atoms with Gasteiger partial charge in [-0.15, -0.1) is 0 Å². The number of halogens is 2. The molecule has 1 fully saturated rings. The van der Waals surface area contributed by atoms with Gasteiger partial charge in [-0.05, 0) is 20.8 Å². The van der Waals surface area contributed by atoms with Crippen LogP contribution in [0, 0.1) is 0 Å². The minimum absolute atomic E-state index is 0.360. The van der Waals surface area contributed by atoms with E-state index >= 15 is 0 Å². The number of hydrogen-bond donors (Lipinski definition) is 0. The van der Waals surface area contributed by atoms with Gasteiger partial charge in [-0.3, -0.25) is 0 Å². The summed E-state index contributed by atoms with van der Waals surface area (Å²) in [5.41, 5.74) is -1.94. The third kappa shape index (κ3) is 4.49. The summed E-state index contributed by atoms with van der Waals surface area (Å²) in [6.45, 7) is 3.31. The molecular formula is C16H28F2O8. The quantitative estimate of drug-likeness (QED) is 0.438. The maximum absolute atomic E-state index is 14.9. The molecule has 1 aliphatic rings. The highest BCUT2D eigenvalue weighted by Crippen LogP contribution is 2.43. The lowest BCUT2D eigenvalue weighted by Crippen LogP contribution is -2.65. The third-order valence-corrected chi connectivity index (χ3v) is 4.64. The summed E-state index contributed by atoms with van der Waals surface area (Å²) in [5.74, 6) is -7.44. The predicted molar refractivity (Wildman–Crippen MR) is 84.6 cm³/mol.